The van der Waals surface area contributed by atoms with Gasteiger partial charge in [-0.2, -0.15) is 0 Å². The van der Waals surface area contributed by atoms with Gasteiger partial charge in [0.2, 0.25) is 0 Å². The Morgan fingerprint density at radius 2 is 1.90 bits per heavy atom. The van der Waals surface area contributed by atoms with Gasteiger partial charge in [-0.1, -0.05) is 0 Å². The van der Waals surface area contributed by atoms with Gasteiger partial charge in [0, 0.05) is 17.0 Å². The van der Waals surface area contributed by atoms with Gasteiger partial charge < -0.3 is 18.9 Å². The molecule has 0 fully saturated rings. The third-order valence-corrected chi connectivity index (χ3v) is 3.89. The van der Waals surface area contributed by atoms with Gasteiger partial charge in [-0.25, -0.2) is 9.36 Å². The molecule has 106 valence electrons. The molecule has 0 saturated carbocycles. The lowest BCUT2D eigenvalue weighted by molar-refractivity contribution is 0.389. The van der Waals surface area contributed by atoms with Gasteiger partial charge in [-0.05, 0) is 37.3 Å². The predicted molar refractivity (Wildman–Crippen MR) is 72.6 cm³/mol. The van der Waals surface area contributed by atoms with E-state index in [1.54, 1.807) is 0 Å². The molecule has 0 spiro atoms. The molecule has 1 aromatic carbocycles. The van der Waals surface area contributed by atoms with E-state index in [9.17, 15) is 14.5 Å². The van der Waals surface area contributed by atoms with Gasteiger partial charge in [-0.3, -0.25) is 0 Å². The summed E-state index contributed by atoms with van der Waals surface area (Å²) < 4.78 is 20.7. The zero-order valence-electron chi connectivity index (χ0n) is 10.5. The van der Waals surface area contributed by atoms with Crippen LogP contribution < -0.4 is 10.1 Å². The molecule has 1 aliphatic rings. The van der Waals surface area contributed by atoms with Crippen molar-refractivity contribution in [2.75, 3.05) is 0 Å². The highest BCUT2D eigenvalue weighted by molar-refractivity contribution is 7.32. The van der Waals surface area contributed by atoms with E-state index in [4.69, 9.17) is 13.8 Å². The number of phenols is 1. The monoisotopic (exact) mass is 296 g/mol. The molecule has 1 aliphatic carbocycles. The summed E-state index contributed by atoms with van der Waals surface area (Å²) in [6, 6.07) is 2.70. The Morgan fingerprint density at radius 3 is 2.60 bits per heavy atom. The summed E-state index contributed by atoms with van der Waals surface area (Å²) in [4.78, 5) is 20.7. The Balaban J connectivity index is 2.28. The maximum absolute atomic E-state index is 11.9. The van der Waals surface area contributed by atoms with Crippen molar-refractivity contribution in [1.82, 2.24) is 0 Å². The number of benzene rings is 1. The van der Waals surface area contributed by atoms with Crippen molar-refractivity contribution in [2.24, 2.45) is 0 Å². The van der Waals surface area contributed by atoms with Crippen LogP contribution >= 0.6 is 8.25 Å². The van der Waals surface area contributed by atoms with Crippen molar-refractivity contribution in [3.8, 4) is 11.5 Å². The van der Waals surface area contributed by atoms with Crippen molar-refractivity contribution in [1.29, 1.82) is 0 Å². The minimum atomic E-state index is -3.21. The minimum absolute atomic E-state index is 0.0782. The number of aromatic hydroxyl groups is 1. The molecule has 1 atom stereocenters. The average Bonchev–Trinajstić information content (AvgIpc) is 2.40. The second-order valence-corrected chi connectivity index (χ2v) is 5.47. The van der Waals surface area contributed by atoms with Crippen molar-refractivity contribution in [3.63, 3.8) is 0 Å². The molecule has 0 radical (unpaired) electrons. The van der Waals surface area contributed by atoms with Gasteiger partial charge in [0.05, 0.1) is 0 Å². The first-order valence-corrected chi connectivity index (χ1v) is 7.55. The molecule has 0 amide bonds. The van der Waals surface area contributed by atoms with Crippen LogP contribution in [0.4, 0.5) is 0 Å². The van der Waals surface area contributed by atoms with Crippen LogP contribution in [0.2, 0.25) is 0 Å². The lowest BCUT2D eigenvalue weighted by Gasteiger charge is -2.16. The number of rotatable bonds is 2. The van der Waals surface area contributed by atoms with E-state index in [-0.39, 0.29) is 22.7 Å². The molecule has 1 unspecified atom stereocenters. The molecule has 2 aromatic rings. The van der Waals surface area contributed by atoms with E-state index >= 15 is 0 Å². The third-order valence-electron chi connectivity index (χ3n) is 3.50. The predicted octanol–water partition coefficient (Wildman–Crippen LogP) is 2.14. The first kappa shape index (κ1) is 13.2. The number of aryl methyl sites for hydroxylation is 1. The first-order valence-electron chi connectivity index (χ1n) is 6.28. The van der Waals surface area contributed by atoms with Crippen molar-refractivity contribution in [2.45, 2.75) is 25.7 Å². The van der Waals surface area contributed by atoms with E-state index in [0.717, 1.165) is 24.8 Å². The normalized spacial score (nSPS) is 15.8. The van der Waals surface area contributed by atoms with Crippen LogP contribution in [-0.2, 0) is 17.4 Å². The molecular formula is C13H13O6P. The summed E-state index contributed by atoms with van der Waals surface area (Å²) in [5, 5.41) is 10.4. The Hall–Kier alpha value is -1.78. The highest BCUT2D eigenvalue weighted by atomic mass is 31.1. The number of phenolic OH excluding ortho intramolecular Hbond substituents is 1. The second-order valence-electron chi connectivity index (χ2n) is 4.74. The molecular weight excluding hydrogens is 283 g/mol. The fourth-order valence-electron chi connectivity index (χ4n) is 2.63. The largest absolute Gasteiger partial charge is 0.504 e. The lowest BCUT2D eigenvalue weighted by Crippen LogP contribution is -2.15. The summed E-state index contributed by atoms with van der Waals surface area (Å²) >= 11 is 0. The van der Waals surface area contributed by atoms with Crippen molar-refractivity contribution >= 4 is 19.2 Å². The van der Waals surface area contributed by atoms with Gasteiger partial charge in [0.25, 0.3) is 0 Å². The number of fused-ring (bicyclic) bond motifs is 3. The van der Waals surface area contributed by atoms with Crippen LogP contribution in [-0.4, -0.2) is 10.00 Å². The Kier molecular flexibility index (Phi) is 3.28. The molecule has 0 aliphatic heterocycles. The highest BCUT2D eigenvalue weighted by Crippen LogP contribution is 2.38. The summed E-state index contributed by atoms with van der Waals surface area (Å²) in [5.74, 6) is -0.408. The maximum Gasteiger partial charge on any atom is 0.365 e. The molecule has 0 saturated heterocycles. The number of hydrogen-bond acceptors (Lipinski definition) is 5. The SMILES string of the molecule is O=c1oc2cc(O)c(O[PH](=O)O)cc2c2c1CCCC2. The van der Waals surface area contributed by atoms with Gasteiger partial charge in [0.1, 0.15) is 5.58 Å². The fraction of sp³-hybridized carbons (Fsp3) is 0.308. The first-order chi connectivity index (χ1) is 9.56. The fourth-order valence-corrected chi connectivity index (χ4v) is 2.99. The van der Waals surface area contributed by atoms with Crippen LogP contribution in [0.5, 0.6) is 11.5 Å². The molecule has 1 heterocycles. The summed E-state index contributed by atoms with van der Waals surface area (Å²) in [5.41, 5.74) is 1.41. The van der Waals surface area contributed by atoms with Crippen molar-refractivity contribution < 1.29 is 23.5 Å². The smallest absolute Gasteiger partial charge is 0.365 e. The zero-order valence-corrected chi connectivity index (χ0v) is 11.5. The number of hydrogen-bond donors (Lipinski definition) is 2. The quantitative estimate of drug-likeness (QED) is 0.651. The molecule has 6 nitrogen and oxygen atoms in total. The highest BCUT2D eigenvalue weighted by Gasteiger charge is 2.20. The van der Waals surface area contributed by atoms with Crippen LogP contribution in [0.3, 0.4) is 0 Å². The molecule has 7 heteroatoms. The van der Waals surface area contributed by atoms with Gasteiger partial charge in [0.15, 0.2) is 11.5 Å². The summed E-state index contributed by atoms with van der Waals surface area (Å²) in [6.45, 7) is 0. The third kappa shape index (κ3) is 2.21. The maximum atomic E-state index is 11.9. The van der Waals surface area contributed by atoms with Gasteiger partial charge in [-0.15, -0.1) is 0 Å². The Morgan fingerprint density at radius 1 is 1.20 bits per heavy atom. The summed E-state index contributed by atoms with van der Waals surface area (Å²) in [7, 11) is -3.21. The lowest BCUT2D eigenvalue weighted by atomic mass is 9.90. The molecule has 0 bridgehead atoms. The summed E-state index contributed by atoms with van der Waals surface area (Å²) in [6.07, 6.45) is 3.32. The molecule has 3 rings (SSSR count). The molecule has 2 N–H and O–H groups in total. The second kappa shape index (κ2) is 4.96. The standard InChI is InChI=1S/C13H13O6P/c14-10-6-11-9(5-12(10)19-20(16)17)7-3-1-2-4-8(7)13(15)18-11/h5-6,14,20H,1-4H2,(H,16,17). The topological polar surface area (TPSA) is 97.0 Å². The zero-order chi connectivity index (χ0) is 14.3. The van der Waals surface area contributed by atoms with E-state index in [1.807, 2.05) is 0 Å². The average molecular weight is 296 g/mol. The Labute approximate surface area is 114 Å². The molecule has 1 aromatic heterocycles. The van der Waals surface area contributed by atoms with E-state index in [1.165, 1.54) is 12.1 Å². The van der Waals surface area contributed by atoms with Gasteiger partial charge >= 0.3 is 13.9 Å². The minimum Gasteiger partial charge on any atom is -0.504 e. The van der Waals surface area contributed by atoms with Crippen LogP contribution in [0.1, 0.15) is 24.0 Å². The van der Waals surface area contributed by atoms with Crippen molar-refractivity contribution in [3.05, 3.63) is 33.7 Å². The van der Waals surface area contributed by atoms with Crippen LogP contribution in [0.15, 0.2) is 21.3 Å². The Bertz CT molecular complexity index is 764. The van der Waals surface area contributed by atoms with E-state index in [2.05, 4.69) is 0 Å². The van der Waals surface area contributed by atoms with Crippen LogP contribution in [0, 0.1) is 0 Å². The van der Waals surface area contributed by atoms with E-state index < -0.39 is 8.25 Å². The molecule has 20 heavy (non-hydrogen) atoms. The van der Waals surface area contributed by atoms with Crippen LogP contribution in [0.25, 0.3) is 11.0 Å². The van der Waals surface area contributed by atoms with E-state index in [0.29, 0.717) is 17.4 Å².